The fourth-order valence-corrected chi connectivity index (χ4v) is 4.19. The van der Waals surface area contributed by atoms with E-state index in [1.165, 1.54) is 11.3 Å². The number of nitrogens with one attached hydrogen (secondary N) is 1. The standard InChI is InChI=1S/C16H21N5O2S.ClH/c1-3-20-7-5-10-12(9-20)24-16(13(10)14(17)22)18-15(23)11-6-8-21(4-2)19-11;/h6,8H,3-5,7,9H2,1-2H3,(H2,17,22)(H,18,23);1H. The highest BCUT2D eigenvalue weighted by Crippen LogP contribution is 2.37. The molecule has 0 fully saturated rings. The van der Waals surface area contributed by atoms with E-state index in [0.717, 1.165) is 36.5 Å². The number of likely N-dealkylation sites (N-methyl/N-ethyl adjacent to an activating group) is 1. The number of aromatic nitrogens is 2. The lowest BCUT2D eigenvalue weighted by Gasteiger charge is -2.25. The molecule has 3 N–H and O–H groups in total. The molecule has 3 heterocycles. The minimum atomic E-state index is -0.494. The topological polar surface area (TPSA) is 93.2 Å². The van der Waals surface area contributed by atoms with Crippen LogP contribution in [0.15, 0.2) is 12.3 Å². The summed E-state index contributed by atoms with van der Waals surface area (Å²) in [5.41, 5.74) is 7.33. The van der Waals surface area contributed by atoms with Crippen LogP contribution >= 0.6 is 23.7 Å². The molecule has 0 unspecified atom stereocenters. The number of hydrogen-bond donors (Lipinski definition) is 2. The molecule has 0 saturated carbocycles. The summed E-state index contributed by atoms with van der Waals surface area (Å²) in [4.78, 5) is 27.7. The molecule has 25 heavy (non-hydrogen) atoms. The fraction of sp³-hybridized carbons (Fsp3) is 0.438. The van der Waals surface area contributed by atoms with Crippen molar-refractivity contribution in [1.29, 1.82) is 0 Å². The number of primary amides is 1. The Morgan fingerprint density at radius 3 is 2.72 bits per heavy atom. The average Bonchev–Trinajstić information content (AvgIpc) is 3.17. The highest BCUT2D eigenvalue weighted by atomic mass is 35.5. The summed E-state index contributed by atoms with van der Waals surface area (Å²) in [7, 11) is 0. The Morgan fingerprint density at radius 1 is 1.36 bits per heavy atom. The fourth-order valence-electron chi connectivity index (χ4n) is 2.90. The van der Waals surface area contributed by atoms with Gasteiger partial charge >= 0.3 is 0 Å². The van der Waals surface area contributed by atoms with E-state index in [4.69, 9.17) is 5.73 Å². The van der Waals surface area contributed by atoms with Gasteiger partial charge in [0.15, 0.2) is 5.69 Å². The van der Waals surface area contributed by atoms with E-state index in [2.05, 4.69) is 22.2 Å². The second kappa shape index (κ2) is 7.99. The van der Waals surface area contributed by atoms with Crippen molar-refractivity contribution in [2.24, 2.45) is 5.73 Å². The SMILES string of the molecule is CCN1CCc2c(sc(NC(=O)c3ccn(CC)n3)c2C(N)=O)C1.Cl. The lowest BCUT2D eigenvalue weighted by Crippen LogP contribution is -2.30. The zero-order valence-electron chi connectivity index (χ0n) is 14.2. The van der Waals surface area contributed by atoms with Crippen LogP contribution in [-0.4, -0.2) is 39.6 Å². The number of halogens is 1. The largest absolute Gasteiger partial charge is 0.365 e. The number of carbonyl (C=O) groups excluding carboxylic acids is 2. The molecular weight excluding hydrogens is 362 g/mol. The number of amides is 2. The first-order valence-electron chi connectivity index (χ1n) is 8.05. The van der Waals surface area contributed by atoms with Crippen LogP contribution in [0.25, 0.3) is 0 Å². The molecule has 2 aromatic heterocycles. The number of aryl methyl sites for hydroxylation is 1. The van der Waals surface area contributed by atoms with E-state index in [0.29, 0.717) is 22.8 Å². The van der Waals surface area contributed by atoms with Crippen molar-refractivity contribution in [3.8, 4) is 0 Å². The van der Waals surface area contributed by atoms with Gasteiger partial charge in [0.25, 0.3) is 11.8 Å². The number of fused-ring (bicyclic) bond motifs is 1. The first kappa shape index (κ1) is 19.4. The molecular formula is C16H22ClN5O2S. The first-order valence-corrected chi connectivity index (χ1v) is 8.86. The van der Waals surface area contributed by atoms with Gasteiger partial charge in [-0.1, -0.05) is 6.92 Å². The third kappa shape index (κ3) is 3.86. The van der Waals surface area contributed by atoms with Crippen molar-refractivity contribution in [2.75, 3.05) is 18.4 Å². The quantitative estimate of drug-likeness (QED) is 0.826. The minimum Gasteiger partial charge on any atom is -0.365 e. The average molecular weight is 384 g/mol. The first-order chi connectivity index (χ1) is 11.5. The number of thiophene rings is 1. The van der Waals surface area contributed by atoms with E-state index in [1.807, 2.05) is 6.92 Å². The van der Waals surface area contributed by atoms with E-state index < -0.39 is 5.91 Å². The third-order valence-corrected chi connectivity index (χ3v) is 5.39. The molecule has 0 aliphatic carbocycles. The van der Waals surface area contributed by atoms with Gasteiger partial charge in [-0.15, -0.1) is 23.7 Å². The maximum atomic E-state index is 12.4. The van der Waals surface area contributed by atoms with Crippen molar-refractivity contribution in [3.05, 3.63) is 34.0 Å². The zero-order valence-corrected chi connectivity index (χ0v) is 15.9. The molecule has 0 bridgehead atoms. The van der Waals surface area contributed by atoms with Gasteiger partial charge < -0.3 is 11.1 Å². The Bertz CT molecular complexity index is 786. The van der Waals surface area contributed by atoms with Gasteiger partial charge in [-0.05, 0) is 31.5 Å². The molecule has 0 spiro atoms. The molecule has 1 aliphatic heterocycles. The second-order valence-corrected chi connectivity index (χ2v) is 6.81. The minimum absolute atomic E-state index is 0. The van der Waals surface area contributed by atoms with Crippen LogP contribution in [0, 0.1) is 0 Å². The van der Waals surface area contributed by atoms with Crippen LogP contribution in [0.2, 0.25) is 0 Å². The van der Waals surface area contributed by atoms with Gasteiger partial charge in [-0.25, -0.2) is 0 Å². The lowest BCUT2D eigenvalue weighted by molar-refractivity contribution is 0.1000. The van der Waals surface area contributed by atoms with Crippen LogP contribution < -0.4 is 11.1 Å². The Kier molecular flexibility index (Phi) is 6.21. The van der Waals surface area contributed by atoms with Crippen molar-refractivity contribution in [2.45, 2.75) is 33.4 Å². The summed E-state index contributed by atoms with van der Waals surface area (Å²) in [6.07, 6.45) is 2.53. The van der Waals surface area contributed by atoms with Gasteiger partial charge in [0.05, 0.1) is 5.56 Å². The third-order valence-electron chi connectivity index (χ3n) is 4.25. The lowest BCUT2D eigenvalue weighted by atomic mass is 10.0. The van der Waals surface area contributed by atoms with Crippen molar-refractivity contribution < 1.29 is 9.59 Å². The Hall–Kier alpha value is -1.90. The second-order valence-electron chi connectivity index (χ2n) is 5.70. The van der Waals surface area contributed by atoms with E-state index >= 15 is 0 Å². The van der Waals surface area contributed by atoms with Crippen molar-refractivity contribution in [3.63, 3.8) is 0 Å². The Balaban J connectivity index is 0.00000225. The number of nitrogens with two attached hydrogens (primary N) is 1. The molecule has 0 radical (unpaired) electrons. The van der Waals surface area contributed by atoms with Crippen LogP contribution in [0.3, 0.4) is 0 Å². The van der Waals surface area contributed by atoms with Gasteiger partial charge in [0, 0.05) is 30.7 Å². The molecule has 9 heteroatoms. The summed E-state index contributed by atoms with van der Waals surface area (Å²) >= 11 is 1.44. The number of anilines is 1. The summed E-state index contributed by atoms with van der Waals surface area (Å²) in [6.45, 7) is 7.40. The number of hydrogen-bond acceptors (Lipinski definition) is 5. The van der Waals surface area contributed by atoms with Crippen molar-refractivity contribution >= 4 is 40.6 Å². The van der Waals surface area contributed by atoms with Crippen LogP contribution in [-0.2, 0) is 19.5 Å². The van der Waals surface area contributed by atoms with Gasteiger partial charge in [0.2, 0.25) is 0 Å². The maximum absolute atomic E-state index is 12.4. The molecule has 7 nitrogen and oxygen atoms in total. The van der Waals surface area contributed by atoms with E-state index in [1.54, 1.807) is 16.9 Å². The zero-order chi connectivity index (χ0) is 17.3. The molecule has 0 aromatic carbocycles. The van der Waals surface area contributed by atoms with Gasteiger partial charge in [0.1, 0.15) is 5.00 Å². The predicted octanol–water partition coefficient (Wildman–Crippen LogP) is 2.12. The van der Waals surface area contributed by atoms with Crippen molar-refractivity contribution in [1.82, 2.24) is 14.7 Å². The van der Waals surface area contributed by atoms with Crippen LogP contribution in [0.5, 0.6) is 0 Å². The highest BCUT2D eigenvalue weighted by molar-refractivity contribution is 7.17. The number of carbonyl (C=O) groups is 2. The van der Waals surface area contributed by atoms with Crippen LogP contribution in [0.4, 0.5) is 5.00 Å². The normalized spacial score (nSPS) is 13.8. The smallest absolute Gasteiger partial charge is 0.276 e. The van der Waals surface area contributed by atoms with E-state index in [9.17, 15) is 9.59 Å². The molecule has 136 valence electrons. The van der Waals surface area contributed by atoms with Gasteiger partial charge in [-0.2, -0.15) is 5.10 Å². The molecule has 2 amide bonds. The summed E-state index contributed by atoms with van der Waals surface area (Å²) in [5, 5.41) is 7.54. The highest BCUT2D eigenvalue weighted by Gasteiger charge is 2.27. The summed E-state index contributed by atoms with van der Waals surface area (Å²) in [5.74, 6) is -0.817. The number of rotatable bonds is 5. The summed E-state index contributed by atoms with van der Waals surface area (Å²) < 4.78 is 1.68. The monoisotopic (exact) mass is 383 g/mol. The maximum Gasteiger partial charge on any atom is 0.276 e. The number of nitrogens with zero attached hydrogens (tertiary/aromatic N) is 3. The molecule has 3 rings (SSSR count). The summed E-state index contributed by atoms with van der Waals surface area (Å²) in [6, 6.07) is 1.66. The molecule has 1 aliphatic rings. The molecule has 0 saturated heterocycles. The van der Waals surface area contributed by atoms with Gasteiger partial charge in [-0.3, -0.25) is 19.2 Å². The predicted molar refractivity (Wildman–Crippen MR) is 101 cm³/mol. The Morgan fingerprint density at radius 2 is 2.12 bits per heavy atom. The molecule has 2 aromatic rings. The van der Waals surface area contributed by atoms with Crippen LogP contribution in [0.1, 0.15) is 45.1 Å². The Labute approximate surface area is 156 Å². The van der Waals surface area contributed by atoms with E-state index in [-0.39, 0.29) is 18.3 Å². The molecule has 0 atom stereocenters.